The molecule has 0 aliphatic carbocycles. The van der Waals surface area contributed by atoms with E-state index in [9.17, 15) is 4.79 Å². The van der Waals surface area contributed by atoms with Crippen LogP contribution >= 0.6 is 15.9 Å². The average Bonchev–Trinajstić information content (AvgIpc) is 2.23. The van der Waals surface area contributed by atoms with Crippen molar-refractivity contribution in [2.75, 3.05) is 39.1 Å². The first-order valence-electron chi connectivity index (χ1n) is 7.01. The number of amides is 1. The van der Waals surface area contributed by atoms with Crippen molar-refractivity contribution in [1.29, 1.82) is 0 Å². The Kier molecular flexibility index (Phi) is 8.66. The van der Waals surface area contributed by atoms with Crippen LogP contribution in [0.25, 0.3) is 0 Å². The molecule has 5 heteroatoms. The summed E-state index contributed by atoms with van der Waals surface area (Å²) in [5, 5.41) is 3.86. The highest BCUT2D eigenvalue weighted by atomic mass is 79.9. The number of hydrogen-bond donors (Lipinski definition) is 1. The first-order valence-corrected chi connectivity index (χ1v) is 8.13. The quantitative estimate of drug-likeness (QED) is 0.419. The summed E-state index contributed by atoms with van der Waals surface area (Å²) in [6.07, 6.45) is 2.99. The highest BCUT2D eigenvalue weighted by Gasteiger charge is 2.16. The van der Waals surface area contributed by atoms with Crippen LogP contribution in [0.5, 0.6) is 0 Å². The number of nitrogens with zero attached hydrogens (tertiary/aromatic N) is 1. The van der Waals surface area contributed by atoms with Crippen LogP contribution in [0.15, 0.2) is 0 Å². The summed E-state index contributed by atoms with van der Waals surface area (Å²) < 4.78 is 6.22. The number of alkyl halides is 1. The van der Waals surface area contributed by atoms with Crippen molar-refractivity contribution in [3.05, 3.63) is 0 Å². The second kappa shape index (κ2) is 8.80. The van der Waals surface area contributed by atoms with Crippen molar-refractivity contribution in [3.8, 4) is 0 Å². The van der Waals surface area contributed by atoms with Gasteiger partial charge in [0.15, 0.2) is 0 Å². The molecule has 0 atom stereocenters. The molecule has 0 spiro atoms. The summed E-state index contributed by atoms with van der Waals surface area (Å²) in [5.74, 6) is 0. The van der Waals surface area contributed by atoms with Crippen LogP contribution in [0.1, 0.15) is 40.0 Å². The average molecular weight is 338 g/mol. The first-order chi connectivity index (χ1) is 8.66. The Morgan fingerprint density at radius 3 is 2.26 bits per heavy atom. The van der Waals surface area contributed by atoms with Gasteiger partial charge in [-0.05, 0) is 33.6 Å². The lowest BCUT2D eigenvalue weighted by atomic mass is 10.2. The highest BCUT2D eigenvalue weighted by Crippen LogP contribution is 2.07. The molecule has 0 aliphatic heterocycles. The van der Waals surface area contributed by atoms with Gasteiger partial charge in [0.05, 0.1) is 27.2 Å². The van der Waals surface area contributed by atoms with E-state index < -0.39 is 5.60 Å². The molecule has 1 amide bonds. The number of nitrogens with one attached hydrogen (secondary N) is 1. The third-order valence-electron chi connectivity index (χ3n) is 2.76. The Balaban J connectivity index is 3.62. The van der Waals surface area contributed by atoms with Gasteiger partial charge in [-0.25, -0.2) is 4.79 Å². The fraction of sp³-hybridized carbons (Fsp3) is 0.929. The number of ether oxygens (including phenoxy) is 1. The van der Waals surface area contributed by atoms with Gasteiger partial charge in [-0.3, -0.25) is 0 Å². The van der Waals surface area contributed by atoms with Crippen LogP contribution in [0, 0.1) is 0 Å². The van der Waals surface area contributed by atoms with Crippen LogP contribution in [0.2, 0.25) is 0 Å². The number of carbonyl (C=O) groups is 1. The zero-order valence-electron chi connectivity index (χ0n) is 13.1. The summed E-state index contributed by atoms with van der Waals surface area (Å²) >= 11 is 3.46. The summed E-state index contributed by atoms with van der Waals surface area (Å²) in [7, 11) is 4.51. The maximum Gasteiger partial charge on any atom is 0.407 e. The van der Waals surface area contributed by atoms with E-state index in [4.69, 9.17) is 4.74 Å². The van der Waals surface area contributed by atoms with E-state index in [-0.39, 0.29) is 6.09 Å². The molecule has 0 aromatic rings. The summed E-state index contributed by atoms with van der Waals surface area (Å²) in [6, 6.07) is 0. The molecule has 19 heavy (non-hydrogen) atoms. The minimum atomic E-state index is -0.418. The second-order valence-electron chi connectivity index (χ2n) is 6.56. The largest absolute Gasteiger partial charge is 0.444 e. The van der Waals surface area contributed by atoms with Crippen molar-refractivity contribution in [2.45, 2.75) is 45.6 Å². The van der Waals surface area contributed by atoms with Gasteiger partial charge in [0, 0.05) is 18.3 Å². The van der Waals surface area contributed by atoms with Crippen LogP contribution in [-0.4, -0.2) is 55.2 Å². The number of alkyl carbamates (subject to hydrolysis) is 1. The topological polar surface area (TPSA) is 38.3 Å². The summed E-state index contributed by atoms with van der Waals surface area (Å²) in [5.41, 5.74) is -0.418. The minimum Gasteiger partial charge on any atom is -0.444 e. The van der Waals surface area contributed by atoms with E-state index in [1.54, 1.807) is 0 Å². The molecule has 0 fully saturated rings. The summed E-state index contributed by atoms with van der Waals surface area (Å²) in [6.45, 7) is 8.63. The van der Waals surface area contributed by atoms with Gasteiger partial charge in [-0.1, -0.05) is 15.9 Å². The molecule has 0 saturated carbocycles. The molecule has 0 heterocycles. The number of quaternary nitrogens is 1. The van der Waals surface area contributed by atoms with Crippen LogP contribution in [0.4, 0.5) is 4.79 Å². The third kappa shape index (κ3) is 12.5. The number of hydrogen-bond acceptors (Lipinski definition) is 2. The van der Waals surface area contributed by atoms with Crippen LogP contribution in [0.3, 0.4) is 0 Å². The minimum absolute atomic E-state index is 0.319. The summed E-state index contributed by atoms with van der Waals surface area (Å²) in [4.78, 5) is 11.4. The maximum atomic E-state index is 11.4. The lowest BCUT2D eigenvalue weighted by molar-refractivity contribution is -0.890. The predicted octanol–water partition coefficient (Wildman–Crippen LogP) is 3.15. The van der Waals surface area contributed by atoms with Crippen molar-refractivity contribution in [1.82, 2.24) is 5.32 Å². The van der Waals surface area contributed by atoms with Gasteiger partial charge in [0.2, 0.25) is 0 Å². The molecule has 0 rings (SSSR count). The number of rotatable bonds is 8. The number of halogens is 1. The Bertz CT molecular complexity index is 263. The normalized spacial score (nSPS) is 12.3. The molecule has 0 unspecified atom stereocenters. The lowest BCUT2D eigenvalue weighted by Crippen LogP contribution is -2.41. The highest BCUT2D eigenvalue weighted by molar-refractivity contribution is 9.09. The Labute approximate surface area is 126 Å². The smallest absolute Gasteiger partial charge is 0.407 e. The zero-order chi connectivity index (χ0) is 14.9. The molecule has 0 aromatic carbocycles. The molecule has 0 saturated heterocycles. The molecule has 0 aromatic heterocycles. The molecule has 4 nitrogen and oxygen atoms in total. The first kappa shape index (κ1) is 18.7. The molecule has 114 valence electrons. The fourth-order valence-electron chi connectivity index (χ4n) is 1.77. The van der Waals surface area contributed by atoms with Crippen molar-refractivity contribution in [2.24, 2.45) is 0 Å². The number of unbranched alkanes of at least 4 members (excludes halogenated alkanes) is 1. The van der Waals surface area contributed by atoms with Crippen molar-refractivity contribution >= 4 is 22.0 Å². The van der Waals surface area contributed by atoms with Gasteiger partial charge in [-0.15, -0.1) is 0 Å². The van der Waals surface area contributed by atoms with E-state index in [0.29, 0.717) is 6.54 Å². The van der Waals surface area contributed by atoms with Gasteiger partial charge in [0.25, 0.3) is 0 Å². The molecular formula is C14H30BrN2O2+. The predicted molar refractivity (Wildman–Crippen MR) is 83.7 cm³/mol. The van der Waals surface area contributed by atoms with E-state index in [0.717, 1.165) is 29.2 Å². The van der Waals surface area contributed by atoms with Gasteiger partial charge in [-0.2, -0.15) is 0 Å². The Hall–Kier alpha value is -0.290. The molecule has 1 N–H and O–H groups in total. The van der Waals surface area contributed by atoms with Gasteiger partial charge >= 0.3 is 6.09 Å². The molecular weight excluding hydrogens is 308 g/mol. The Morgan fingerprint density at radius 2 is 1.74 bits per heavy atom. The standard InChI is InChI=1S/C14H29BrN2O2/c1-14(2,3)19-13(18)16-10-6-7-11-17(4,5)12-8-9-15/h6-12H2,1-5H3/p+1. The maximum absolute atomic E-state index is 11.4. The zero-order valence-corrected chi connectivity index (χ0v) is 14.7. The monoisotopic (exact) mass is 337 g/mol. The number of carbonyl (C=O) groups excluding carboxylic acids is 1. The SMILES string of the molecule is CC(C)(C)OC(=O)NCCCC[N+](C)(C)CCCBr. The molecule has 0 bridgehead atoms. The van der Waals surface area contributed by atoms with Gasteiger partial charge < -0.3 is 14.5 Å². The van der Waals surface area contributed by atoms with E-state index in [2.05, 4.69) is 35.3 Å². The van der Waals surface area contributed by atoms with Crippen LogP contribution in [-0.2, 0) is 4.74 Å². The van der Waals surface area contributed by atoms with E-state index >= 15 is 0 Å². The van der Waals surface area contributed by atoms with Crippen molar-refractivity contribution in [3.63, 3.8) is 0 Å². The molecule has 0 aliphatic rings. The van der Waals surface area contributed by atoms with E-state index in [1.807, 2.05) is 20.8 Å². The molecule has 0 radical (unpaired) electrons. The van der Waals surface area contributed by atoms with Crippen LogP contribution < -0.4 is 5.32 Å². The second-order valence-corrected chi connectivity index (χ2v) is 7.35. The van der Waals surface area contributed by atoms with E-state index in [1.165, 1.54) is 13.0 Å². The van der Waals surface area contributed by atoms with Gasteiger partial charge in [0.1, 0.15) is 5.60 Å². The fourth-order valence-corrected chi connectivity index (χ4v) is 2.02. The van der Waals surface area contributed by atoms with Crippen molar-refractivity contribution < 1.29 is 14.0 Å². The lowest BCUT2D eigenvalue weighted by Gasteiger charge is -2.29. The third-order valence-corrected chi connectivity index (χ3v) is 3.32. The Morgan fingerprint density at radius 1 is 1.16 bits per heavy atom.